The van der Waals surface area contributed by atoms with Crippen molar-refractivity contribution in [2.24, 2.45) is 0 Å². The van der Waals surface area contributed by atoms with Crippen molar-refractivity contribution in [3.8, 4) is 0 Å². The Morgan fingerprint density at radius 1 is 1.00 bits per heavy atom. The van der Waals surface area contributed by atoms with Crippen LogP contribution in [0.1, 0.15) is 11.3 Å². The van der Waals surface area contributed by atoms with E-state index in [9.17, 15) is 8.42 Å². The molecule has 5 heteroatoms. The Labute approximate surface area is 113 Å². The molecule has 19 heavy (non-hydrogen) atoms. The van der Waals surface area contributed by atoms with Gasteiger partial charge in [-0.15, -0.1) is 0 Å². The van der Waals surface area contributed by atoms with E-state index < -0.39 is 10.0 Å². The molecule has 1 N–H and O–H groups in total. The molecule has 0 aliphatic carbocycles. The molecule has 1 aromatic heterocycles. The third kappa shape index (κ3) is 4.81. The molecule has 1 aromatic carbocycles. The third-order valence-corrected chi connectivity index (χ3v) is 3.99. The number of nitrogens with one attached hydrogen (secondary N) is 1. The van der Waals surface area contributed by atoms with Crippen molar-refractivity contribution in [1.82, 2.24) is 9.71 Å². The summed E-state index contributed by atoms with van der Waals surface area (Å²) >= 11 is 0. The van der Waals surface area contributed by atoms with Gasteiger partial charge in [-0.25, -0.2) is 13.1 Å². The lowest BCUT2D eigenvalue weighted by molar-refractivity contribution is 0.580. The smallest absolute Gasteiger partial charge is 0.215 e. The average Bonchev–Trinajstić information content (AvgIpc) is 2.40. The highest BCUT2D eigenvalue weighted by atomic mass is 32.2. The molecular weight excluding hydrogens is 260 g/mol. The van der Waals surface area contributed by atoms with Crippen LogP contribution in [0, 0.1) is 0 Å². The fraction of sp³-hybridized carbons (Fsp3) is 0.214. The minimum atomic E-state index is -3.28. The summed E-state index contributed by atoms with van der Waals surface area (Å²) in [5.41, 5.74) is 1.66. The minimum absolute atomic E-state index is 0.00998. The molecule has 0 aliphatic heterocycles. The molecule has 0 spiro atoms. The maximum Gasteiger partial charge on any atom is 0.215 e. The molecule has 1 heterocycles. The quantitative estimate of drug-likeness (QED) is 0.874. The molecule has 100 valence electrons. The average molecular weight is 276 g/mol. The van der Waals surface area contributed by atoms with E-state index in [4.69, 9.17) is 0 Å². The minimum Gasteiger partial charge on any atom is -0.261 e. The van der Waals surface area contributed by atoms with Crippen molar-refractivity contribution in [3.63, 3.8) is 0 Å². The second kappa shape index (κ2) is 6.45. The van der Waals surface area contributed by atoms with Crippen molar-refractivity contribution in [2.45, 2.75) is 12.2 Å². The second-order valence-electron chi connectivity index (χ2n) is 4.21. The predicted octanol–water partition coefficient (Wildman–Crippen LogP) is 1.74. The molecule has 0 bridgehead atoms. The molecule has 4 nitrogen and oxygen atoms in total. The Morgan fingerprint density at radius 2 is 1.74 bits per heavy atom. The molecule has 0 saturated carbocycles. The largest absolute Gasteiger partial charge is 0.261 e. The highest BCUT2D eigenvalue weighted by Crippen LogP contribution is 2.04. The maximum atomic E-state index is 11.9. The molecule has 0 unspecified atom stereocenters. The molecule has 0 atom stereocenters. The highest BCUT2D eigenvalue weighted by Gasteiger charge is 2.10. The van der Waals surface area contributed by atoms with E-state index in [1.54, 1.807) is 18.3 Å². The van der Waals surface area contributed by atoms with Crippen LogP contribution in [0.25, 0.3) is 0 Å². The number of rotatable bonds is 6. The van der Waals surface area contributed by atoms with Crippen molar-refractivity contribution in [2.75, 3.05) is 6.54 Å². The van der Waals surface area contributed by atoms with Crippen LogP contribution in [0.4, 0.5) is 0 Å². The zero-order valence-electron chi connectivity index (χ0n) is 10.5. The van der Waals surface area contributed by atoms with E-state index >= 15 is 0 Å². The summed E-state index contributed by atoms with van der Waals surface area (Å²) in [5.74, 6) is 0.00998. The summed E-state index contributed by atoms with van der Waals surface area (Å²) in [6.45, 7) is 0.367. The highest BCUT2D eigenvalue weighted by molar-refractivity contribution is 7.88. The Hall–Kier alpha value is -1.72. The van der Waals surface area contributed by atoms with Crippen molar-refractivity contribution in [3.05, 3.63) is 66.0 Å². The molecule has 0 fully saturated rings. The van der Waals surface area contributed by atoms with E-state index in [0.29, 0.717) is 13.0 Å². The van der Waals surface area contributed by atoms with Crippen molar-refractivity contribution in [1.29, 1.82) is 0 Å². The van der Waals surface area contributed by atoms with Crippen LogP contribution in [-0.2, 0) is 22.2 Å². The van der Waals surface area contributed by atoms with Crippen LogP contribution < -0.4 is 4.72 Å². The molecule has 0 amide bonds. The number of aromatic nitrogens is 1. The van der Waals surface area contributed by atoms with Crippen LogP contribution in [0.2, 0.25) is 0 Å². The van der Waals surface area contributed by atoms with Crippen LogP contribution in [0.3, 0.4) is 0 Å². The van der Waals surface area contributed by atoms with E-state index in [1.165, 1.54) is 0 Å². The molecule has 0 saturated heterocycles. The maximum absolute atomic E-state index is 11.9. The van der Waals surface area contributed by atoms with Crippen LogP contribution in [0.15, 0.2) is 54.7 Å². The summed E-state index contributed by atoms with van der Waals surface area (Å²) in [6, 6.07) is 14.7. The standard InChI is InChI=1S/C14H16N2O2S/c17-19(18,12-13-6-2-1-3-7-13)16-11-9-14-8-4-5-10-15-14/h1-8,10,16H,9,11-12H2. The first-order valence-corrected chi connectivity index (χ1v) is 7.72. The number of pyridine rings is 1. The Bertz CT molecular complexity index is 598. The monoisotopic (exact) mass is 276 g/mol. The van der Waals surface area contributed by atoms with Gasteiger partial charge in [0.1, 0.15) is 0 Å². The van der Waals surface area contributed by atoms with Crippen molar-refractivity contribution >= 4 is 10.0 Å². The first kappa shape index (κ1) is 13.7. The Balaban J connectivity index is 1.85. The first-order chi connectivity index (χ1) is 9.16. The van der Waals surface area contributed by atoms with Crippen LogP contribution >= 0.6 is 0 Å². The fourth-order valence-corrected chi connectivity index (χ4v) is 2.87. The lowest BCUT2D eigenvalue weighted by Crippen LogP contribution is -2.27. The van der Waals surface area contributed by atoms with Gasteiger partial charge in [0, 0.05) is 24.9 Å². The number of hydrogen-bond donors (Lipinski definition) is 1. The summed E-state index contributed by atoms with van der Waals surface area (Å²) in [6.07, 6.45) is 2.29. The molecule has 2 rings (SSSR count). The van der Waals surface area contributed by atoms with Gasteiger partial charge in [0.25, 0.3) is 0 Å². The van der Waals surface area contributed by atoms with Gasteiger partial charge in [0.05, 0.1) is 5.75 Å². The Morgan fingerprint density at radius 3 is 2.42 bits per heavy atom. The van der Waals surface area contributed by atoms with Gasteiger partial charge < -0.3 is 0 Å². The Kier molecular flexibility index (Phi) is 4.65. The van der Waals surface area contributed by atoms with E-state index in [-0.39, 0.29) is 5.75 Å². The topological polar surface area (TPSA) is 59.1 Å². The molecule has 2 aromatic rings. The third-order valence-electron chi connectivity index (χ3n) is 2.63. The van der Waals surface area contributed by atoms with Gasteiger partial charge >= 0.3 is 0 Å². The molecular formula is C14H16N2O2S. The lowest BCUT2D eigenvalue weighted by Gasteiger charge is -2.06. The summed E-state index contributed by atoms with van der Waals surface area (Å²) < 4.78 is 26.3. The summed E-state index contributed by atoms with van der Waals surface area (Å²) in [7, 11) is -3.28. The lowest BCUT2D eigenvalue weighted by atomic mass is 10.2. The number of nitrogens with zero attached hydrogens (tertiary/aromatic N) is 1. The first-order valence-electron chi connectivity index (χ1n) is 6.07. The van der Waals surface area contributed by atoms with E-state index in [2.05, 4.69) is 9.71 Å². The van der Waals surface area contributed by atoms with E-state index in [1.807, 2.05) is 36.4 Å². The summed E-state index contributed by atoms with van der Waals surface area (Å²) in [5, 5.41) is 0. The predicted molar refractivity (Wildman–Crippen MR) is 75.0 cm³/mol. The van der Waals surface area contributed by atoms with E-state index in [0.717, 1.165) is 11.3 Å². The van der Waals surface area contributed by atoms with Gasteiger partial charge in [-0.1, -0.05) is 36.4 Å². The normalized spacial score (nSPS) is 11.4. The van der Waals surface area contributed by atoms with Gasteiger partial charge in [0.2, 0.25) is 10.0 Å². The summed E-state index contributed by atoms with van der Waals surface area (Å²) in [4.78, 5) is 4.15. The fourth-order valence-electron chi connectivity index (χ4n) is 1.73. The van der Waals surface area contributed by atoms with Gasteiger partial charge in [0.15, 0.2) is 0 Å². The zero-order chi connectivity index (χ0) is 13.6. The van der Waals surface area contributed by atoms with Gasteiger partial charge in [-0.2, -0.15) is 0 Å². The zero-order valence-corrected chi connectivity index (χ0v) is 11.3. The van der Waals surface area contributed by atoms with Crippen LogP contribution in [-0.4, -0.2) is 19.9 Å². The second-order valence-corrected chi connectivity index (χ2v) is 6.02. The van der Waals surface area contributed by atoms with Gasteiger partial charge in [-0.3, -0.25) is 4.98 Å². The number of sulfonamides is 1. The SMILES string of the molecule is O=S(=O)(Cc1ccccc1)NCCc1ccccn1. The molecule has 0 aliphatic rings. The molecule has 0 radical (unpaired) electrons. The van der Waals surface area contributed by atoms with Crippen molar-refractivity contribution < 1.29 is 8.42 Å². The van der Waals surface area contributed by atoms with Gasteiger partial charge in [-0.05, 0) is 17.7 Å². The number of benzene rings is 1. The number of hydrogen-bond acceptors (Lipinski definition) is 3. The van der Waals surface area contributed by atoms with Crippen LogP contribution in [0.5, 0.6) is 0 Å².